The van der Waals surface area contributed by atoms with Crippen molar-refractivity contribution in [1.29, 1.82) is 0 Å². The van der Waals surface area contributed by atoms with Crippen LogP contribution in [0.4, 0.5) is 0 Å². The second kappa shape index (κ2) is 18.1. The van der Waals surface area contributed by atoms with Gasteiger partial charge in [-0.05, 0) is 6.42 Å². The van der Waals surface area contributed by atoms with Crippen molar-refractivity contribution in [3.63, 3.8) is 0 Å². The lowest BCUT2D eigenvalue weighted by molar-refractivity contribution is -0.118. The van der Waals surface area contributed by atoms with E-state index in [-0.39, 0.29) is 5.41 Å². The monoisotopic (exact) mass is 388 g/mol. The van der Waals surface area contributed by atoms with Crippen molar-refractivity contribution in [2.24, 2.45) is 0 Å². The van der Waals surface area contributed by atoms with Crippen LogP contribution in [0.3, 0.4) is 0 Å². The van der Waals surface area contributed by atoms with Crippen LogP contribution in [0.15, 0.2) is 0 Å². The minimum Gasteiger partial charge on any atom is -0.372 e. The molecule has 0 spiro atoms. The van der Waals surface area contributed by atoms with Gasteiger partial charge >= 0.3 is 8.80 Å². The van der Waals surface area contributed by atoms with Crippen LogP contribution < -0.4 is 0 Å². The van der Waals surface area contributed by atoms with Gasteiger partial charge in [0.1, 0.15) is 0 Å². The number of unbranched alkanes of at least 4 members (excludes halogenated alkanes) is 14. The van der Waals surface area contributed by atoms with Gasteiger partial charge in [-0.25, -0.2) is 0 Å². The van der Waals surface area contributed by atoms with E-state index in [1.54, 1.807) is 0 Å². The summed E-state index contributed by atoms with van der Waals surface area (Å²) in [6.45, 7) is 2.27. The quantitative estimate of drug-likeness (QED) is 0.183. The van der Waals surface area contributed by atoms with Gasteiger partial charge in [0, 0.05) is 27.8 Å². The molecule has 0 heterocycles. The first-order valence-electron chi connectivity index (χ1n) is 10.9. The van der Waals surface area contributed by atoms with Gasteiger partial charge in [0.2, 0.25) is 5.41 Å². The lowest BCUT2D eigenvalue weighted by Crippen LogP contribution is -2.51. The molecule has 0 N–H and O–H groups in total. The first-order valence-corrected chi connectivity index (χ1v) is 12.6. The van der Waals surface area contributed by atoms with Crippen LogP contribution in [0.2, 0.25) is 0 Å². The Hall–Kier alpha value is -0.233. The average Bonchev–Trinajstić information content (AvgIpc) is 2.66. The molecule has 0 unspecified atom stereocenters. The van der Waals surface area contributed by atoms with Crippen LogP contribution in [0.1, 0.15) is 110 Å². The van der Waals surface area contributed by atoms with Gasteiger partial charge in [0.25, 0.3) is 0 Å². The first-order chi connectivity index (χ1) is 12.7. The maximum atomic E-state index is 12.2. The van der Waals surface area contributed by atoms with Gasteiger partial charge in [-0.3, -0.25) is 4.79 Å². The Morgan fingerprint density at radius 3 is 1.19 bits per heavy atom. The van der Waals surface area contributed by atoms with E-state index in [2.05, 4.69) is 6.92 Å². The summed E-state index contributed by atoms with van der Waals surface area (Å²) < 4.78 is 15.7. The molecule has 0 saturated carbocycles. The standard InChI is InChI=1S/C21H44O4Si/c1-5-6-7-8-9-10-11-12-13-14-15-16-17-18-19-20-21(22)26(23-2,24-3)25-4/h5-20H2,1-4H3. The molecule has 0 rings (SSSR count). The third-order valence-corrected chi connectivity index (χ3v) is 7.70. The fourth-order valence-corrected chi connectivity index (χ4v) is 5.07. The summed E-state index contributed by atoms with van der Waals surface area (Å²) in [5.74, 6) is 0. The van der Waals surface area contributed by atoms with E-state index in [1.165, 1.54) is 105 Å². The summed E-state index contributed by atoms with van der Waals surface area (Å²) in [6, 6.07) is 0. The van der Waals surface area contributed by atoms with Crippen molar-refractivity contribution in [3.8, 4) is 0 Å². The molecule has 0 saturated heterocycles. The zero-order valence-electron chi connectivity index (χ0n) is 17.9. The van der Waals surface area contributed by atoms with Crippen LogP contribution in [-0.2, 0) is 18.1 Å². The number of rotatable bonds is 20. The number of carbonyl (C=O) groups excluding carboxylic acids is 1. The zero-order valence-corrected chi connectivity index (χ0v) is 18.9. The molecule has 0 fully saturated rings. The van der Waals surface area contributed by atoms with Crippen molar-refractivity contribution >= 4 is 14.2 Å². The Morgan fingerprint density at radius 1 is 0.577 bits per heavy atom. The molecule has 0 atom stereocenters. The van der Waals surface area contributed by atoms with Gasteiger partial charge in [0.05, 0.1) is 0 Å². The minimum atomic E-state index is -3.07. The Bertz CT molecular complexity index is 311. The summed E-state index contributed by atoms with van der Waals surface area (Å²) in [4.78, 5) is 12.2. The summed E-state index contributed by atoms with van der Waals surface area (Å²) in [6.07, 6.45) is 20.4. The van der Waals surface area contributed by atoms with Crippen LogP contribution >= 0.6 is 0 Å². The van der Waals surface area contributed by atoms with Crippen molar-refractivity contribution in [1.82, 2.24) is 0 Å². The van der Waals surface area contributed by atoms with E-state index in [1.807, 2.05) is 0 Å². The SMILES string of the molecule is CCCCCCCCCCCCCCCCCC(=O)[Si](OC)(OC)OC. The fraction of sp³-hybridized carbons (Fsp3) is 0.952. The summed E-state index contributed by atoms with van der Waals surface area (Å²) >= 11 is 0. The molecule has 0 bridgehead atoms. The first kappa shape index (κ1) is 25.8. The van der Waals surface area contributed by atoms with Crippen molar-refractivity contribution in [2.45, 2.75) is 110 Å². The molecule has 0 aliphatic heterocycles. The second-order valence-electron chi connectivity index (χ2n) is 7.29. The molecule has 0 aromatic carbocycles. The minimum absolute atomic E-state index is 0.000283. The van der Waals surface area contributed by atoms with Gasteiger partial charge in [0.15, 0.2) is 0 Å². The second-order valence-corrected chi connectivity index (χ2v) is 10.2. The van der Waals surface area contributed by atoms with Gasteiger partial charge in [-0.2, -0.15) is 0 Å². The van der Waals surface area contributed by atoms with Gasteiger partial charge in [-0.1, -0.05) is 96.8 Å². The van der Waals surface area contributed by atoms with Gasteiger partial charge < -0.3 is 13.3 Å². The molecular weight excluding hydrogens is 344 g/mol. The molecular formula is C21H44O4Si. The summed E-state index contributed by atoms with van der Waals surface area (Å²) in [7, 11) is 1.40. The van der Waals surface area contributed by atoms with E-state index < -0.39 is 8.80 Å². The molecule has 0 amide bonds. The molecule has 0 aliphatic rings. The van der Waals surface area contributed by atoms with Crippen molar-refractivity contribution < 1.29 is 18.1 Å². The van der Waals surface area contributed by atoms with E-state index in [0.717, 1.165) is 12.8 Å². The third-order valence-electron chi connectivity index (χ3n) is 5.16. The average molecular weight is 389 g/mol. The Labute approximate surface area is 163 Å². The van der Waals surface area contributed by atoms with E-state index >= 15 is 0 Å². The smallest absolute Gasteiger partial charge is 0.372 e. The molecule has 4 nitrogen and oxygen atoms in total. The highest BCUT2D eigenvalue weighted by Crippen LogP contribution is 2.16. The Morgan fingerprint density at radius 2 is 0.885 bits per heavy atom. The highest BCUT2D eigenvalue weighted by atomic mass is 28.4. The van der Waals surface area contributed by atoms with Crippen molar-refractivity contribution in [3.05, 3.63) is 0 Å². The van der Waals surface area contributed by atoms with Gasteiger partial charge in [-0.15, -0.1) is 0 Å². The molecule has 156 valence electrons. The molecule has 0 aromatic heterocycles. The van der Waals surface area contributed by atoms with Crippen LogP contribution in [0.25, 0.3) is 0 Å². The van der Waals surface area contributed by atoms with Crippen LogP contribution in [0.5, 0.6) is 0 Å². The summed E-state index contributed by atoms with van der Waals surface area (Å²) in [5, 5.41) is -0.000283. The molecule has 0 radical (unpaired) electrons. The lowest BCUT2D eigenvalue weighted by Gasteiger charge is -2.22. The normalized spacial score (nSPS) is 11.8. The zero-order chi connectivity index (χ0) is 19.5. The maximum Gasteiger partial charge on any atom is 0.573 e. The van der Waals surface area contributed by atoms with E-state index in [4.69, 9.17) is 13.3 Å². The number of carbonyl (C=O) groups is 1. The highest BCUT2D eigenvalue weighted by molar-refractivity contribution is 6.92. The molecule has 0 aliphatic carbocycles. The largest absolute Gasteiger partial charge is 0.573 e. The predicted octanol–water partition coefficient (Wildman–Crippen LogP) is 6.23. The third kappa shape index (κ3) is 12.2. The molecule has 5 heteroatoms. The predicted molar refractivity (Wildman–Crippen MR) is 111 cm³/mol. The lowest BCUT2D eigenvalue weighted by atomic mass is 10.0. The van der Waals surface area contributed by atoms with Crippen LogP contribution in [-0.4, -0.2) is 35.5 Å². The fourth-order valence-electron chi connectivity index (χ4n) is 3.40. The topological polar surface area (TPSA) is 44.8 Å². The molecule has 0 aromatic rings. The van der Waals surface area contributed by atoms with E-state index in [0.29, 0.717) is 6.42 Å². The maximum absolute atomic E-state index is 12.2. The number of hydrogen-bond acceptors (Lipinski definition) is 4. The Balaban J connectivity index is 3.37. The Kier molecular flexibility index (Phi) is 18.0. The van der Waals surface area contributed by atoms with E-state index in [9.17, 15) is 4.79 Å². The van der Waals surface area contributed by atoms with Crippen molar-refractivity contribution in [2.75, 3.05) is 21.3 Å². The summed E-state index contributed by atoms with van der Waals surface area (Å²) in [5.41, 5.74) is 0. The van der Waals surface area contributed by atoms with Crippen LogP contribution in [0, 0.1) is 0 Å². The highest BCUT2D eigenvalue weighted by Gasteiger charge is 2.46. The molecule has 26 heavy (non-hydrogen) atoms. The number of hydrogen-bond donors (Lipinski definition) is 0.